The number of aromatic nitrogens is 4. The molecule has 53 heavy (non-hydrogen) atoms. The molecule has 0 aliphatic rings. The minimum absolute atomic E-state index is 0. The van der Waals surface area contributed by atoms with Crippen LogP contribution in [-0.2, 0) is 33.3 Å². The van der Waals surface area contributed by atoms with E-state index >= 15 is 0 Å². The molecule has 0 saturated heterocycles. The first kappa shape index (κ1) is 38.2. The molecular formula is C47H50N4OPd. The maximum absolute atomic E-state index is 6.71. The first-order valence-electron chi connectivity index (χ1n) is 18.8. The van der Waals surface area contributed by atoms with E-state index in [0.717, 1.165) is 58.3 Å². The fourth-order valence-electron chi connectivity index (χ4n) is 7.49. The van der Waals surface area contributed by atoms with E-state index in [2.05, 4.69) is 156 Å². The van der Waals surface area contributed by atoms with Gasteiger partial charge in [-0.25, -0.2) is 4.98 Å². The number of aryl methyl sites for hydroxylation is 3. The molecule has 0 spiro atoms. The fourth-order valence-corrected chi connectivity index (χ4v) is 7.49. The molecule has 0 saturated carbocycles. The van der Waals surface area contributed by atoms with Crippen molar-refractivity contribution in [3.05, 3.63) is 131 Å². The van der Waals surface area contributed by atoms with Gasteiger partial charge in [0, 0.05) is 34.5 Å². The molecule has 0 fully saturated rings. The van der Waals surface area contributed by atoms with Crippen molar-refractivity contribution in [1.29, 1.82) is 0 Å². The Morgan fingerprint density at radius 3 is 2.21 bits per heavy atom. The summed E-state index contributed by atoms with van der Waals surface area (Å²) in [5.41, 5.74) is 12.7. The molecule has 3 aromatic heterocycles. The summed E-state index contributed by atoms with van der Waals surface area (Å²) in [6.07, 6.45) is 4.89. The van der Waals surface area contributed by atoms with E-state index in [1.165, 1.54) is 39.1 Å². The second kappa shape index (κ2) is 15.9. The van der Waals surface area contributed by atoms with E-state index < -0.39 is 0 Å². The van der Waals surface area contributed by atoms with Crippen molar-refractivity contribution in [3.8, 4) is 34.1 Å². The molecule has 0 bridgehead atoms. The van der Waals surface area contributed by atoms with Crippen LogP contribution in [0.5, 0.6) is 11.5 Å². The molecule has 5 nitrogen and oxygen atoms in total. The second-order valence-corrected chi connectivity index (χ2v) is 15.5. The number of hydrogen-bond acceptors (Lipinski definition) is 3. The van der Waals surface area contributed by atoms with Crippen LogP contribution in [-0.4, -0.2) is 19.3 Å². The van der Waals surface area contributed by atoms with Gasteiger partial charge in [0.2, 0.25) is 0 Å². The number of pyridine rings is 1. The minimum atomic E-state index is 0. The maximum atomic E-state index is 6.71. The molecule has 0 N–H and O–H groups in total. The van der Waals surface area contributed by atoms with Gasteiger partial charge in [-0.15, -0.1) is 41.3 Å². The third-order valence-electron chi connectivity index (χ3n) is 10.1. The Labute approximate surface area is 329 Å². The van der Waals surface area contributed by atoms with Gasteiger partial charge in [-0.3, -0.25) is 4.68 Å². The third kappa shape index (κ3) is 7.77. The molecule has 0 aliphatic carbocycles. The van der Waals surface area contributed by atoms with Crippen molar-refractivity contribution < 1.29 is 25.2 Å². The van der Waals surface area contributed by atoms with Gasteiger partial charge >= 0.3 is 20.4 Å². The van der Waals surface area contributed by atoms with Crippen LogP contribution in [0.4, 0.5) is 0 Å². The third-order valence-corrected chi connectivity index (χ3v) is 10.1. The Morgan fingerprint density at radius 1 is 0.736 bits per heavy atom. The second-order valence-electron chi connectivity index (χ2n) is 15.5. The average molecular weight is 793 g/mol. The van der Waals surface area contributed by atoms with Gasteiger partial charge in [-0.1, -0.05) is 83.5 Å². The van der Waals surface area contributed by atoms with Crippen LogP contribution in [0.2, 0.25) is 0 Å². The van der Waals surface area contributed by atoms with Crippen LogP contribution < -0.4 is 4.74 Å². The first-order valence-corrected chi connectivity index (χ1v) is 18.8. The van der Waals surface area contributed by atoms with Crippen LogP contribution in [0, 0.1) is 44.7 Å². The normalized spacial score (nSPS) is 11.7. The van der Waals surface area contributed by atoms with Crippen LogP contribution in [0.25, 0.3) is 44.4 Å². The average Bonchev–Trinajstić information content (AvgIpc) is 3.60. The number of para-hydroxylation sites is 1. The smallest absolute Gasteiger partial charge is 0.509 e. The monoisotopic (exact) mass is 792 g/mol. The van der Waals surface area contributed by atoms with Gasteiger partial charge in [-0.2, -0.15) is 11.2 Å². The van der Waals surface area contributed by atoms with Gasteiger partial charge in [0.15, 0.2) is 0 Å². The predicted octanol–water partition coefficient (Wildman–Crippen LogP) is 12.3. The van der Waals surface area contributed by atoms with Gasteiger partial charge in [0.25, 0.3) is 0 Å². The summed E-state index contributed by atoms with van der Waals surface area (Å²) in [7, 11) is 0. The fraction of sp³-hybridized carbons (Fsp3) is 0.319. The summed E-state index contributed by atoms with van der Waals surface area (Å²) >= 11 is 0. The summed E-state index contributed by atoms with van der Waals surface area (Å²) in [6.45, 7) is 20.0. The van der Waals surface area contributed by atoms with Gasteiger partial charge in [0.1, 0.15) is 5.82 Å². The molecule has 7 aromatic rings. The molecule has 4 aromatic carbocycles. The standard InChI is InChI=1S/C47H50N4O.Pd/c1-29(2)17-20-43-47(46-32(7)13-12-14-33(46)8)34(9)49-51(43)37-25-36(31(5)6)26-39(27-37)52-38-18-19-41-40-15-10-11-16-42(40)50(44(41)28-38)45-24-35(21-22-48-45)23-30(3)4;/h10-16,18-19,21-22,24-26,29-31H,17,20,23H2,1-9H3;/q-2;+2. The molecule has 6 heteroatoms. The van der Waals surface area contributed by atoms with E-state index in [1.807, 2.05) is 12.3 Å². The van der Waals surface area contributed by atoms with Crippen LogP contribution >= 0.6 is 0 Å². The Hall–Kier alpha value is -4.50. The van der Waals surface area contributed by atoms with Gasteiger partial charge in [0.05, 0.1) is 5.69 Å². The predicted molar refractivity (Wildman–Crippen MR) is 215 cm³/mol. The zero-order valence-corrected chi connectivity index (χ0v) is 34.0. The summed E-state index contributed by atoms with van der Waals surface area (Å²) in [5, 5.41) is 7.49. The summed E-state index contributed by atoms with van der Waals surface area (Å²) in [6, 6.07) is 35.1. The Balaban J connectivity index is 0.00000481. The quantitative estimate of drug-likeness (QED) is 0.0968. The van der Waals surface area contributed by atoms with Crippen molar-refractivity contribution in [2.45, 2.75) is 87.5 Å². The summed E-state index contributed by atoms with van der Waals surface area (Å²) in [5.74, 6) is 3.56. The van der Waals surface area contributed by atoms with Crippen molar-refractivity contribution in [3.63, 3.8) is 0 Å². The van der Waals surface area contributed by atoms with Crippen molar-refractivity contribution in [2.24, 2.45) is 11.8 Å². The topological polar surface area (TPSA) is 44.9 Å². The van der Waals surface area contributed by atoms with Crippen molar-refractivity contribution in [1.82, 2.24) is 19.3 Å². The van der Waals surface area contributed by atoms with Crippen LogP contribution in [0.1, 0.15) is 87.5 Å². The zero-order chi connectivity index (χ0) is 36.7. The molecule has 274 valence electrons. The Kier molecular flexibility index (Phi) is 11.4. The number of nitrogens with zero attached hydrogens (tertiary/aromatic N) is 4. The zero-order valence-electron chi connectivity index (χ0n) is 32.4. The molecule has 0 atom stereocenters. The Morgan fingerprint density at radius 2 is 1.49 bits per heavy atom. The minimum Gasteiger partial charge on any atom is -0.509 e. The van der Waals surface area contributed by atoms with E-state index in [-0.39, 0.29) is 26.3 Å². The Bertz CT molecular complexity index is 2380. The molecular weight excluding hydrogens is 743 g/mol. The maximum Gasteiger partial charge on any atom is 2.00 e. The number of hydrogen-bond donors (Lipinski definition) is 0. The van der Waals surface area contributed by atoms with Crippen LogP contribution in [0.15, 0.2) is 85.1 Å². The van der Waals surface area contributed by atoms with E-state index in [1.54, 1.807) is 0 Å². The van der Waals surface area contributed by atoms with Gasteiger partial charge in [-0.05, 0) is 109 Å². The van der Waals surface area contributed by atoms with Crippen molar-refractivity contribution >= 4 is 21.8 Å². The molecule has 0 amide bonds. The summed E-state index contributed by atoms with van der Waals surface area (Å²) < 4.78 is 11.0. The number of rotatable bonds is 11. The van der Waals surface area contributed by atoms with Crippen molar-refractivity contribution in [2.75, 3.05) is 0 Å². The molecule has 0 aliphatic heterocycles. The van der Waals surface area contributed by atoms with Gasteiger partial charge < -0.3 is 9.30 Å². The number of ether oxygens (including phenoxy) is 1. The first-order chi connectivity index (χ1) is 25.0. The molecule has 0 unspecified atom stereocenters. The molecule has 3 heterocycles. The number of benzene rings is 4. The molecule has 7 rings (SSSR count). The SMILES string of the molecule is Cc1cccc(C)c1-c1c(C)nn(-c2[c-]c(Oc3[c-]c4c(cc3)c3ccccc3n4-c3cc(CC(C)C)ccn3)cc(C(C)C)c2)c1CCC(C)C.[Pd+2]. The van der Waals surface area contributed by atoms with E-state index in [4.69, 9.17) is 14.8 Å². The van der Waals surface area contributed by atoms with Crippen LogP contribution in [0.3, 0.4) is 0 Å². The largest absolute Gasteiger partial charge is 2.00 e. The van der Waals surface area contributed by atoms with E-state index in [0.29, 0.717) is 23.3 Å². The summed E-state index contributed by atoms with van der Waals surface area (Å²) in [4.78, 5) is 4.84. The molecule has 0 radical (unpaired) electrons. The number of fused-ring (bicyclic) bond motifs is 3. The van der Waals surface area contributed by atoms with E-state index in [9.17, 15) is 0 Å².